The van der Waals surface area contributed by atoms with E-state index in [1.807, 2.05) is 30.3 Å². The predicted octanol–water partition coefficient (Wildman–Crippen LogP) is 3.26. The van der Waals surface area contributed by atoms with Crippen molar-refractivity contribution >= 4 is 28.1 Å². The zero-order valence-electron chi connectivity index (χ0n) is 10.6. The number of benzene rings is 2. The maximum atomic E-state index is 5.77. The first kappa shape index (κ1) is 11.5. The van der Waals surface area contributed by atoms with Crippen molar-refractivity contribution in [3.05, 3.63) is 54.4 Å². The Labute approximate surface area is 111 Å². The highest BCUT2D eigenvalue weighted by Crippen LogP contribution is 2.24. The van der Waals surface area contributed by atoms with Crippen LogP contribution in [-0.4, -0.2) is 9.97 Å². The van der Waals surface area contributed by atoms with E-state index in [0.29, 0.717) is 5.69 Å². The number of nitrogens with one attached hydrogen (secondary N) is 1. The van der Waals surface area contributed by atoms with Crippen molar-refractivity contribution in [2.75, 3.05) is 11.1 Å². The molecule has 19 heavy (non-hydrogen) atoms. The van der Waals surface area contributed by atoms with Crippen LogP contribution in [0.2, 0.25) is 0 Å². The van der Waals surface area contributed by atoms with Gasteiger partial charge in [-0.15, -0.1) is 0 Å². The van der Waals surface area contributed by atoms with Gasteiger partial charge in [-0.2, -0.15) is 0 Å². The molecule has 3 aromatic rings. The van der Waals surface area contributed by atoms with Crippen molar-refractivity contribution in [3.63, 3.8) is 0 Å². The van der Waals surface area contributed by atoms with Crippen LogP contribution in [0.5, 0.6) is 0 Å². The second kappa shape index (κ2) is 4.57. The quantitative estimate of drug-likeness (QED) is 0.685. The molecule has 0 aliphatic heterocycles. The zero-order chi connectivity index (χ0) is 13.2. The molecule has 3 rings (SSSR count). The van der Waals surface area contributed by atoms with Crippen molar-refractivity contribution in [2.45, 2.75) is 6.92 Å². The largest absolute Gasteiger partial charge is 0.399 e. The van der Waals surface area contributed by atoms with Gasteiger partial charge < -0.3 is 11.1 Å². The number of rotatable bonds is 2. The normalized spacial score (nSPS) is 10.6. The molecule has 0 aliphatic rings. The number of hydrogen-bond acceptors (Lipinski definition) is 4. The fourth-order valence-electron chi connectivity index (χ4n) is 2.03. The summed E-state index contributed by atoms with van der Waals surface area (Å²) in [6.45, 7) is 2.06. The highest BCUT2D eigenvalue weighted by molar-refractivity contribution is 5.92. The molecule has 1 heterocycles. The number of anilines is 3. The standard InChI is InChI=1S/C15H14N4/c1-10-3-2-4-12(7-10)19-15-13-6-5-11(16)8-14(13)17-9-18-15/h2-9H,16H2,1H3,(H,17,18,19). The maximum absolute atomic E-state index is 5.77. The molecular formula is C15H14N4. The average molecular weight is 250 g/mol. The van der Waals surface area contributed by atoms with E-state index in [1.54, 1.807) is 6.33 Å². The summed E-state index contributed by atoms with van der Waals surface area (Å²) in [5, 5.41) is 4.27. The molecule has 4 heteroatoms. The number of nitrogens with zero attached hydrogens (tertiary/aromatic N) is 2. The summed E-state index contributed by atoms with van der Waals surface area (Å²) in [5.74, 6) is 0.788. The second-order valence-corrected chi connectivity index (χ2v) is 4.49. The zero-order valence-corrected chi connectivity index (χ0v) is 10.6. The van der Waals surface area contributed by atoms with Gasteiger partial charge in [0, 0.05) is 16.8 Å². The van der Waals surface area contributed by atoms with E-state index in [0.717, 1.165) is 22.4 Å². The number of nitrogen functional groups attached to an aromatic ring is 1. The monoisotopic (exact) mass is 250 g/mol. The Morgan fingerprint density at radius 3 is 2.79 bits per heavy atom. The van der Waals surface area contributed by atoms with Crippen molar-refractivity contribution < 1.29 is 0 Å². The lowest BCUT2D eigenvalue weighted by molar-refractivity contribution is 1.22. The molecule has 4 nitrogen and oxygen atoms in total. The summed E-state index contributed by atoms with van der Waals surface area (Å²) >= 11 is 0. The minimum absolute atomic E-state index is 0.702. The minimum Gasteiger partial charge on any atom is -0.399 e. The molecule has 1 aromatic heterocycles. The lowest BCUT2D eigenvalue weighted by Crippen LogP contribution is -1.96. The minimum atomic E-state index is 0.702. The topological polar surface area (TPSA) is 63.8 Å². The lowest BCUT2D eigenvalue weighted by atomic mass is 10.2. The van der Waals surface area contributed by atoms with E-state index < -0.39 is 0 Å². The molecule has 0 bridgehead atoms. The van der Waals surface area contributed by atoms with Crippen LogP contribution >= 0.6 is 0 Å². The first-order valence-electron chi connectivity index (χ1n) is 6.06. The third-order valence-corrected chi connectivity index (χ3v) is 2.94. The molecule has 3 N–H and O–H groups in total. The molecule has 0 radical (unpaired) electrons. The van der Waals surface area contributed by atoms with Crippen LogP contribution in [0.25, 0.3) is 10.9 Å². The number of hydrogen-bond donors (Lipinski definition) is 2. The van der Waals surface area contributed by atoms with Crippen molar-refractivity contribution in [3.8, 4) is 0 Å². The first-order valence-corrected chi connectivity index (χ1v) is 6.06. The van der Waals surface area contributed by atoms with Gasteiger partial charge in [0.1, 0.15) is 12.1 Å². The molecule has 0 saturated carbocycles. The smallest absolute Gasteiger partial charge is 0.141 e. The summed E-state index contributed by atoms with van der Waals surface area (Å²) in [6.07, 6.45) is 1.54. The highest BCUT2D eigenvalue weighted by Gasteiger charge is 2.04. The van der Waals surface area contributed by atoms with E-state index in [4.69, 9.17) is 5.73 Å². The molecule has 0 amide bonds. The Balaban J connectivity index is 2.06. The number of aryl methyl sites for hydroxylation is 1. The Morgan fingerprint density at radius 1 is 1.05 bits per heavy atom. The molecule has 0 saturated heterocycles. The fraction of sp³-hybridized carbons (Fsp3) is 0.0667. The van der Waals surface area contributed by atoms with E-state index in [-0.39, 0.29) is 0 Å². The summed E-state index contributed by atoms with van der Waals surface area (Å²) in [7, 11) is 0. The number of aromatic nitrogens is 2. The molecule has 0 atom stereocenters. The highest BCUT2D eigenvalue weighted by atomic mass is 15.0. The predicted molar refractivity (Wildman–Crippen MR) is 78.4 cm³/mol. The van der Waals surface area contributed by atoms with E-state index in [2.05, 4.69) is 34.3 Å². The molecule has 0 unspecified atom stereocenters. The van der Waals surface area contributed by atoms with Gasteiger partial charge in [0.15, 0.2) is 0 Å². The first-order chi connectivity index (χ1) is 9.22. The second-order valence-electron chi connectivity index (χ2n) is 4.49. The molecule has 0 aliphatic carbocycles. The summed E-state index contributed by atoms with van der Waals surface area (Å²) in [6, 6.07) is 13.8. The lowest BCUT2D eigenvalue weighted by Gasteiger charge is -2.09. The van der Waals surface area contributed by atoms with Gasteiger partial charge in [0.05, 0.1) is 5.52 Å². The summed E-state index contributed by atoms with van der Waals surface area (Å²) in [5.41, 5.74) is 9.52. The van der Waals surface area contributed by atoms with Crippen molar-refractivity contribution in [1.29, 1.82) is 0 Å². The van der Waals surface area contributed by atoms with E-state index in [1.165, 1.54) is 5.56 Å². The molecule has 2 aromatic carbocycles. The van der Waals surface area contributed by atoms with Crippen LogP contribution in [0, 0.1) is 6.92 Å². The Hall–Kier alpha value is -2.62. The maximum Gasteiger partial charge on any atom is 0.141 e. The Morgan fingerprint density at radius 2 is 1.95 bits per heavy atom. The van der Waals surface area contributed by atoms with E-state index in [9.17, 15) is 0 Å². The number of nitrogens with two attached hydrogens (primary N) is 1. The van der Waals surface area contributed by atoms with Gasteiger partial charge in [-0.3, -0.25) is 0 Å². The average Bonchev–Trinajstić information content (AvgIpc) is 2.38. The van der Waals surface area contributed by atoms with Crippen LogP contribution in [0.4, 0.5) is 17.2 Å². The van der Waals surface area contributed by atoms with Crippen LogP contribution in [-0.2, 0) is 0 Å². The van der Waals surface area contributed by atoms with Crippen molar-refractivity contribution in [1.82, 2.24) is 9.97 Å². The van der Waals surface area contributed by atoms with Gasteiger partial charge in [-0.1, -0.05) is 12.1 Å². The van der Waals surface area contributed by atoms with Gasteiger partial charge in [-0.25, -0.2) is 9.97 Å². The Kier molecular flexibility index (Phi) is 2.76. The fourth-order valence-corrected chi connectivity index (χ4v) is 2.03. The number of fused-ring (bicyclic) bond motifs is 1. The van der Waals surface area contributed by atoms with E-state index >= 15 is 0 Å². The van der Waals surface area contributed by atoms with Gasteiger partial charge in [0.2, 0.25) is 0 Å². The SMILES string of the molecule is Cc1cccc(Nc2ncnc3cc(N)ccc23)c1. The van der Waals surface area contributed by atoms with Crippen LogP contribution in [0.3, 0.4) is 0 Å². The Bertz CT molecular complexity index is 737. The third-order valence-electron chi connectivity index (χ3n) is 2.94. The third kappa shape index (κ3) is 2.33. The van der Waals surface area contributed by atoms with Gasteiger partial charge in [0.25, 0.3) is 0 Å². The molecule has 0 fully saturated rings. The van der Waals surface area contributed by atoms with Gasteiger partial charge >= 0.3 is 0 Å². The van der Waals surface area contributed by atoms with Crippen LogP contribution < -0.4 is 11.1 Å². The molecule has 0 spiro atoms. The summed E-state index contributed by atoms with van der Waals surface area (Å²) < 4.78 is 0. The molecule has 94 valence electrons. The van der Waals surface area contributed by atoms with Gasteiger partial charge in [-0.05, 0) is 42.8 Å². The van der Waals surface area contributed by atoms with Crippen molar-refractivity contribution in [2.24, 2.45) is 0 Å². The van der Waals surface area contributed by atoms with Crippen LogP contribution in [0.1, 0.15) is 5.56 Å². The summed E-state index contributed by atoms with van der Waals surface area (Å²) in [4.78, 5) is 8.53. The molecular weight excluding hydrogens is 236 g/mol. The van der Waals surface area contributed by atoms with Crippen LogP contribution in [0.15, 0.2) is 48.8 Å².